The number of hydrogen-bond donors (Lipinski definition) is 2. The van der Waals surface area contributed by atoms with Crippen molar-refractivity contribution in [2.24, 2.45) is 0 Å². The summed E-state index contributed by atoms with van der Waals surface area (Å²) in [4.78, 5) is 31.5. The highest BCUT2D eigenvalue weighted by atomic mass is 19.1. The number of nitrogens with one attached hydrogen (secondary N) is 1. The van der Waals surface area contributed by atoms with Crippen LogP contribution >= 0.6 is 0 Å². The lowest BCUT2D eigenvalue weighted by Crippen LogP contribution is -2.29. The molecule has 2 N–H and O–H groups in total. The number of benzene rings is 3. The number of aromatic nitrogens is 1. The van der Waals surface area contributed by atoms with E-state index in [0.717, 1.165) is 16.5 Å². The molecule has 0 saturated carbocycles. The van der Waals surface area contributed by atoms with E-state index in [1.807, 2.05) is 57.2 Å². The molecule has 7 heteroatoms. The maximum atomic E-state index is 13.7. The number of rotatable bonds is 5. The normalized spacial score (nSPS) is 17.2. The highest BCUT2D eigenvalue weighted by Gasteiger charge is 2.48. The average molecular weight is 499 g/mol. The maximum absolute atomic E-state index is 13.7. The van der Waals surface area contributed by atoms with Gasteiger partial charge in [-0.05, 0) is 66.4 Å². The first-order valence-corrected chi connectivity index (χ1v) is 12.0. The number of ketones is 1. The lowest BCUT2D eigenvalue weighted by Gasteiger charge is -2.25. The lowest BCUT2D eigenvalue weighted by molar-refractivity contribution is -0.132. The van der Waals surface area contributed by atoms with Crippen LogP contribution in [-0.4, -0.2) is 28.9 Å². The van der Waals surface area contributed by atoms with Crippen molar-refractivity contribution >= 4 is 34.0 Å². The number of H-pyrrole nitrogens is 1. The van der Waals surface area contributed by atoms with Gasteiger partial charge in [-0.2, -0.15) is 0 Å². The number of carbonyl (C=O) groups excluding carboxylic acids is 2. The zero-order chi connectivity index (χ0) is 26.4. The van der Waals surface area contributed by atoms with Gasteiger partial charge in [0.15, 0.2) is 0 Å². The number of ether oxygens (including phenoxy) is 1. The molecule has 0 radical (unpaired) electrons. The Morgan fingerprint density at radius 3 is 2.46 bits per heavy atom. The van der Waals surface area contributed by atoms with Crippen molar-refractivity contribution in [1.82, 2.24) is 4.98 Å². The zero-order valence-electron chi connectivity index (χ0n) is 21.0. The summed E-state index contributed by atoms with van der Waals surface area (Å²) in [6.07, 6.45) is 1.74. The smallest absolute Gasteiger partial charge is 0.300 e. The van der Waals surface area contributed by atoms with Gasteiger partial charge in [-0.15, -0.1) is 0 Å². The molecule has 0 spiro atoms. The fraction of sp³-hybridized carbons (Fsp3) is 0.200. The summed E-state index contributed by atoms with van der Waals surface area (Å²) in [5.74, 6) is -1.55. The van der Waals surface area contributed by atoms with E-state index in [1.165, 1.54) is 29.2 Å². The molecule has 1 aliphatic rings. The van der Waals surface area contributed by atoms with Crippen LogP contribution in [0.25, 0.3) is 16.7 Å². The van der Waals surface area contributed by atoms with Crippen molar-refractivity contribution in [1.29, 1.82) is 0 Å². The predicted molar refractivity (Wildman–Crippen MR) is 141 cm³/mol. The number of carbonyl (C=O) groups is 2. The standard InChI is InChI=1S/C30H27FN2O4/c1-16(2)21-14-22(17(3)13-25(21)37-4)28(34)26-27(23-15-32-24-8-6-5-7-20(23)24)33(30(36)29(26)35)19-11-9-18(31)10-12-19/h5-16,27,32,34H,1-4H3/b28-26+. The largest absolute Gasteiger partial charge is 0.507 e. The molecular weight excluding hydrogens is 471 g/mol. The second-order valence-corrected chi connectivity index (χ2v) is 9.50. The third-order valence-electron chi connectivity index (χ3n) is 6.92. The Kier molecular flexibility index (Phi) is 6.07. The average Bonchev–Trinajstić information content (AvgIpc) is 3.42. The molecule has 0 aliphatic carbocycles. The van der Waals surface area contributed by atoms with E-state index in [9.17, 15) is 19.1 Å². The number of anilines is 1. The van der Waals surface area contributed by atoms with Crippen LogP contribution in [0.2, 0.25) is 0 Å². The monoisotopic (exact) mass is 498 g/mol. The highest BCUT2D eigenvalue weighted by molar-refractivity contribution is 6.52. The van der Waals surface area contributed by atoms with E-state index in [0.29, 0.717) is 28.1 Å². The minimum absolute atomic E-state index is 0.0259. The predicted octanol–water partition coefficient (Wildman–Crippen LogP) is 6.37. The maximum Gasteiger partial charge on any atom is 0.300 e. The van der Waals surface area contributed by atoms with Gasteiger partial charge in [0.1, 0.15) is 17.3 Å². The van der Waals surface area contributed by atoms with Gasteiger partial charge < -0.3 is 14.8 Å². The van der Waals surface area contributed by atoms with Crippen molar-refractivity contribution in [3.05, 3.63) is 101 Å². The summed E-state index contributed by atoms with van der Waals surface area (Å²) >= 11 is 0. The van der Waals surface area contributed by atoms with Crippen LogP contribution in [0.1, 0.15) is 48.1 Å². The molecule has 188 valence electrons. The molecular formula is C30H27FN2O4. The summed E-state index contributed by atoms with van der Waals surface area (Å²) in [6, 6.07) is 15.6. The molecule has 5 rings (SSSR count). The molecule has 1 aliphatic heterocycles. The van der Waals surface area contributed by atoms with Gasteiger partial charge in [-0.1, -0.05) is 32.0 Å². The Labute approximate surface area is 214 Å². The topological polar surface area (TPSA) is 82.6 Å². The summed E-state index contributed by atoms with van der Waals surface area (Å²) in [7, 11) is 1.59. The highest BCUT2D eigenvalue weighted by Crippen LogP contribution is 2.45. The minimum Gasteiger partial charge on any atom is -0.507 e. The lowest BCUT2D eigenvalue weighted by atomic mass is 9.91. The number of hydrogen-bond acceptors (Lipinski definition) is 4. The van der Waals surface area contributed by atoms with Crippen molar-refractivity contribution in [2.45, 2.75) is 32.7 Å². The second-order valence-electron chi connectivity index (χ2n) is 9.50. The number of Topliss-reactive ketones (excluding diaryl/α,β-unsaturated/α-hetero) is 1. The third-order valence-corrected chi connectivity index (χ3v) is 6.92. The SMILES string of the molecule is COc1cc(C)c(/C(O)=C2\C(=O)C(=O)N(c3ccc(F)cc3)C2c2c[nH]c3ccccc23)cc1C(C)C. The van der Waals surface area contributed by atoms with Crippen molar-refractivity contribution in [3.63, 3.8) is 0 Å². The van der Waals surface area contributed by atoms with Gasteiger partial charge >= 0.3 is 0 Å². The van der Waals surface area contributed by atoms with E-state index in [1.54, 1.807) is 13.3 Å². The fourth-order valence-corrected chi connectivity index (χ4v) is 5.04. The number of aromatic amines is 1. The van der Waals surface area contributed by atoms with Crippen molar-refractivity contribution in [2.75, 3.05) is 12.0 Å². The number of aliphatic hydroxyl groups is 1. The Morgan fingerprint density at radius 1 is 1.08 bits per heavy atom. The summed E-state index contributed by atoms with van der Waals surface area (Å²) in [5.41, 5.74) is 3.82. The Morgan fingerprint density at radius 2 is 1.78 bits per heavy atom. The summed E-state index contributed by atoms with van der Waals surface area (Å²) in [6.45, 7) is 5.84. The van der Waals surface area contributed by atoms with Crippen LogP contribution < -0.4 is 9.64 Å². The number of fused-ring (bicyclic) bond motifs is 1. The molecule has 37 heavy (non-hydrogen) atoms. The summed E-state index contributed by atoms with van der Waals surface area (Å²) in [5, 5.41) is 12.5. The summed E-state index contributed by atoms with van der Waals surface area (Å²) < 4.78 is 19.3. The number of para-hydroxylation sites is 1. The third kappa shape index (κ3) is 3.96. The van der Waals surface area contributed by atoms with Gasteiger partial charge in [-0.25, -0.2) is 4.39 Å². The first-order valence-electron chi connectivity index (χ1n) is 12.0. The molecule has 3 aromatic carbocycles. The van der Waals surface area contributed by atoms with Crippen LogP contribution in [0.5, 0.6) is 5.75 Å². The molecule has 1 amide bonds. The van der Waals surface area contributed by atoms with Gasteiger partial charge in [0.2, 0.25) is 0 Å². The Bertz CT molecular complexity index is 1570. The molecule has 1 aromatic heterocycles. The number of nitrogens with zero attached hydrogens (tertiary/aromatic N) is 1. The molecule has 6 nitrogen and oxygen atoms in total. The van der Waals surface area contributed by atoms with E-state index < -0.39 is 23.5 Å². The van der Waals surface area contributed by atoms with Gasteiger partial charge in [0, 0.05) is 33.9 Å². The Hall–Kier alpha value is -4.39. The molecule has 1 atom stereocenters. The molecule has 0 bridgehead atoms. The van der Waals surface area contributed by atoms with Crippen molar-refractivity contribution in [3.8, 4) is 5.75 Å². The molecule has 1 fully saturated rings. The number of methoxy groups -OCH3 is 1. The van der Waals surface area contributed by atoms with E-state index in [2.05, 4.69) is 4.98 Å². The zero-order valence-corrected chi connectivity index (χ0v) is 21.0. The van der Waals surface area contributed by atoms with E-state index >= 15 is 0 Å². The molecule has 1 saturated heterocycles. The fourth-order valence-electron chi connectivity index (χ4n) is 5.04. The van der Waals surface area contributed by atoms with Crippen LogP contribution in [0.15, 0.2) is 72.4 Å². The quantitative estimate of drug-likeness (QED) is 0.190. The molecule has 4 aromatic rings. The second kappa shape index (κ2) is 9.24. The van der Waals surface area contributed by atoms with Gasteiger partial charge in [-0.3, -0.25) is 14.5 Å². The minimum atomic E-state index is -0.925. The number of aryl methyl sites for hydroxylation is 1. The molecule has 2 heterocycles. The van der Waals surface area contributed by atoms with Gasteiger partial charge in [0.25, 0.3) is 11.7 Å². The van der Waals surface area contributed by atoms with E-state index in [-0.39, 0.29) is 17.3 Å². The van der Waals surface area contributed by atoms with Crippen LogP contribution in [-0.2, 0) is 9.59 Å². The van der Waals surface area contributed by atoms with E-state index in [4.69, 9.17) is 4.74 Å². The first kappa shape index (κ1) is 24.3. The molecule has 1 unspecified atom stereocenters. The number of halogens is 1. The van der Waals surface area contributed by atoms with Crippen molar-refractivity contribution < 1.29 is 23.8 Å². The van der Waals surface area contributed by atoms with Gasteiger partial charge in [0.05, 0.1) is 18.7 Å². The number of amides is 1. The van der Waals surface area contributed by atoms with Crippen LogP contribution in [0.4, 0.5) is 10.1 Å². The Balaban J connectivity index is 1.79. The van der Waals surface area contributed by atoms with Crippen LogP contribution in [0, 0.1) is 12.7 Å². The number of aliphatic hydroxyl groups excluding tert-OH is 1. The van der Waals surface area contributed by atoms with Crippen LogP contribution in [0.3, 0.4) is 0 Å². The first-order chi connectivity index (χ1) is 17.7.